The van der Waals surface area contributed by atoms with Gasteiger partial charge in [0.1, 0.15) is 0 Å². The highest BCUT2D eigenvalue weighted by Gasteiger charge is 1.98. The van der Waals surface area contributed by atoms with Gasteiger partial charge in [-0.25, -0.2) is 4.79 Å². The lowest BCUT2D eigenvalue weighted by atomic mass is 10.2. The van der Waals surface area contributed by atoms with Crippen LogP contribution >= 0.6 is 0 Å². The normalized spacial score (nSPS) is 9.94. The van der Waals surface area contributed by atoms with E-state index >= 15 is 0 Å². The van der Waals surface area contributed by atoms with E-state index in [2.05, 4.69) is 15.6 Å². The van der Waals surface area contributed by atoms with Gasteiger partial charge in [0.2, 0.25) is 0 Å². The number of aromatic nitrogens is 1. The molecule has 0 saturated carbocycles. The highest BCUT2D eigenvalue weighted by Crippen LogP contribution is 1.94. The Kier molecular flexibility index (Phi) is 6.74. The molecule has 0 spiro atoms. The zero-order chi connectivity index (χ0) is 12.3. The lowest BCUT2D eigenvalue weighted by Gasteiger charge is -2.07. The lowest BCUT2D eigenvalue weighted by molar-refractivity contribution is 0.149. The maximum Gasteiger partial charge on any atom is 0.314 e. The van der Waals surface area contributed by atoms with Gasteiger partial charge in [0, 0.05) is 32.1 Å². The van der Waals surface area contributed by atoms with Crippen LogP contribution < -0.4 is 10.6 Å². The molecule has 0 unspecified atom stereocenters. The molecule has 2 amide bonds. The molecule has 0 bridgehead atoms. The van der Waals surface area contributed by atoms with Crippen LogP contribution in [0.5, 0.6) is 0 Å². The first-order chi connectivity index (χ1) is 8.33. The Morgan fingerprint density at radius 1 is 1.41 bits per heavy atom. The molecule has 0 saturated heterocycles. The molecule has 0 aliphatic rings. The Balaban J connectivity index is 2.04. The predicted molar refractivity (Wildman–Crippen MR) is 65.8 cm³/mol. The second kappa shape index (κ2) is 8.52. The third-order valence-corrected chi connectivity index (χ3v) is 2.16. The molecular weight excluding hydrogens is 218 g/mol. The molecule has 0 radical (unpaired) electrons. The molecule has 0 atom stereocenters. The summed E-state index contributed by atoms with van der Waals surface area (Å²) in [5.41, 5.74) is 1.11. The standard InChI is InChI=1S/C12H19N3O2/c1-2-17-9-8-15-12(16)14-7-5-11-4-3-6-13-10-11/h3-4,6,10H,2,5,7-9H2,1H3,(H2,14,15,16). The highest BCUT2D eigenvalue weighted by molar-refractivity contribution is 5.73. The Morgan fingerprint density at radius 3 is 2.94 bits per heavy atom. The van der Waals surface area contributed by atoms with E-state index in [0.717, 1.165) is 12.0 Å². The second-order valence-electron chi connectivity index (χ2n) is 3.49. The van der Waals surface area contributed by atoms with Crippen molar-refractivity contribution in [3.8, 4) is 0 Å². The van der Waals surface area contributed by atoms with Crippen LogP contribution in [0.3, 0.4) is 0 Å². The van der Waals surface area contributed by atoms with Crippen LogP contribution in [0, 0.1) is 0 Å². The topological polar surface area (TPSA) is 63.2 Å². The molecule has 1 rings (SSSR count). The van der Waals surface area contributed by atoms with Crippen molar-refractivity contribution in [1.29, 1.82) is 0 Å². The predicted octanol–water partition coefficient (Wildman–Crippen LogP) is 0.960. The summed E-state index contributed by atoms with van der Waals surface area (Å²) in [6, 6.07) is 3.72. The van der Waals surface area contributed by atoms with Gasteiger partial charge in [-0.15, -0.1) is 0 Å². The second-order valence-corrected chi connectivity index (χ2v) is 3.49. The van der Waals surface area contributed by atoms with E-state index < -0.39 is 0 Å². The Labute approximate surface area is 102 Å². The number of amides is 2. The van der Waals surface area contributed by atoms with Crippen molar-refractivity contribution in [3.05, 3.63) is 30.1 Å². The average molecular weight is 237 g/mol. The Morgan fingerprint density at radius 2 is 2.24 bits per heavy atom. The first-order valence-corrected chi connectivity index (χ1v) is 5.81. The zero-order valence-electron chi connectivity index (χ0n) is 10.1. The van der Waals surface area contributed by atoms with Crippen LogP contribution in [-0.4, -0.2) is 37.3 Å². The van der Waals surface area contributed by atoms with Crippen molar-refractivity contribution >= 4 is 6.03 Å². The van der Waals surface area contributed by atoms with Crippen molar-refractivity contribution in [1.82, 2.24) is 15.6 Å². The molecule has 0 aliphatic carbocycles. The highest BCUT2D eigenvalue weighted by atomic mass is 16.5. The van der Waals surface area contributed by atoms with E-state index in [1.54, 1.807) is 12.4 Å². The summed E-state index contributed by atoms with van der Waals surface area (Å²) < 4.78 is 5.11. The molecule has 2 N–H and O–H groups in total. The van der Waals surface area contributed by atoms with Crippen LogP contribution in [-0.2, 0) is 11.2 Å². The number of ether oxygens (including phenoxy) is 1. The fourth-order valence-corrected chi connectivity index (χ4v) is 1.31. The van der Waals surface area contributed by atoms with E-state index in [-0.39, 0.29) is 6.03 Å². The molecule has 5 heteroatoms. The van der Waals surface area contributed by atoms with E-state index in [9.17, 15) is 4.79 Å². The van der Waals surface area contributed by atoms with E-state index in [0.29, 0.717) is 26.3 Å². The maximum absolute atomic E-state index is 11.3. The fraction of sp³-hybridized carbons (Fsp3) is 0.500. The van der Waals surface area contributed by atoms with Crippen LogP contribution in [0.2, 0.25) is 0 Å². The van der Waals surface area contributed by atoms with Crippen LogP contribution in [0.25, 0.3) is 0 Å². The number of urea groups is 1. The summed E-state index contributed by atoms with van der Waals surface area (Å²) in [7, 11) is 0. The average Bonchev–Trinajstić information content (AvgIpc) is 2.36. The number of pyridine rings is 1. The molecule has 17 heavy (non-hydrogen) atoms. The monoisotopic (exact) mass is 237 g/mol. The summed E-state index contributed by atoms with van der Waals surface area (Å²) in [4.78, 5) is 15.3. The van der Waals surface area contributed by atoms with Crippen molar-refractivity contribution in [2.45, 2.75) is 13.3 Å². The first kappa shape index (κ1) is 13.4. The molecule has 1 aromatic rings. The van der Waals surface area contributed by atoms with Gasteiger partial charge in [0.15, 0.2) is 0 Å². The third-order valence-electron chi connectivity index (χ3n) is 2.16. The van der Waals surface area contributed by atoms with Crippen LogP contribution in [0.1, 0.15) is 12.5 Å². The fourth-order valence-electron chi connectivity index (χ4n) is 1.31. The SMILES string of the molecule is CCOCCNC(=O)NCCc1cccnc1. The summed E-state index contributed by atoms with van der Waals surface area (Å²) >= 11 is 0. The number of nitrogens with one attached hydrogen (secondary N) is 2. The number of nitrogens with zero attached hydrogens (tertiary/aromatic N) is 1. The van der Waals surface area contributed by atoms with Crippen molar-refractivity contribution < 1.29 is 9.53 Å². The van der Waals surface area contributed by atoms with Gasteiger partial charge in [-0.05, 0) is 25.0 Å². The Hall–Kier alpha value is -1.62. The lowest BCUT2D eigenvalue weighted by Crippen LogP contribution is -2.38. The van der Waals surface area contributed by atoms with Crippen LogP contribution in [0.15, 0.2) is 24.5 Å². The van der Waals surface area contributed by atoms with Crippen molar-refractivity contribution in [3.63, 3.8) is 0 Å². The molecule has 1 aromatic heterocycles. The first-order valence-electron chi connectivity index (χ1n) is 5.81. The van der Waals surface area contributed by atoms with Crippen molar-refractivity contribution in [2.75, 3.05) is 26.3 Å². The number of carbonyl (C=O) groups is 1. The molecule has 94 valence electrons. The molecule has 1 heterocycles. The Bertz CT molecular complexity index is 317. The van der Waals surface area contributed by atoms with Gasteiger partial charge in [0.05, 0.1) is 6.61 Å². The van der Waals surface area contributed by atoms with Gasteiger partial charge < -0.3 is 15.4 Å². The van der Waals surface area contributed by atoms with E-state index in [4.69, 9.17) is 4.74 Å². The molecular formula is C12H19N3O2. The largest absolute Gasteiger partial charge is 0.380 e. The summed E-state index contributed by atoms with van der Waals surface area (Å²) in [5.74, 6) is 0. The van der Waals surface area contributed by atoms with Gasteiger partial charge in [-0.3, -0.25) is 4.98 Å². The van der Waals surface area contributed by atoms with Gasteiger partial charge in [-0.2, -0.15) is 0 Å². The number of rotatable bonds is 7. The smallest absolute Gasteiger partial charge is 0.314 e. The van der Waals surface area contributed by atoms with Gasteiger partial charge in [-0.1, -0.05) is 6.07 Å². The molecule has 5 nitrogen and oxygen atoms in total. The molecule has 0 aliphatic heterocycles. The zero-order valence-corrected chi connectivity index (χ0v) is 10.1. The summed E-state index contributed by atoms with van der Waals surface area (Å²) in [6.07, 6.45) is 4.32. The minimum absolute atomic E-state index is 0.159. The van der Waals surface area contributed by atoms with Crippen molar-refractivity contribution in [2.24, 2.45) is 0 Å². The molecule has 0 aromatic carbocycles. The maximum atomic E-state index is 11.3. The minimum Gasteiger partial charge on any atom is -0.380 e. The van der Waals surface area contributed by atoms with E-state index in [1.165, 1.54) is 0 Å². The van der Waals surface area contributed by atoms with E-state index in [1.807, 2.05) is 19.1 Å². The van der Waals surface area contributed by atoms with Gasteiger partial charge in [0.25, 0.3) is 0 Å². The number of hydrogen-bond acceptors (Lipinski definition) is 3. The third kappa shape index (κ3) is 6.52. The summed E-state index contributed by atoms with van der Waals surface area (Å²) in [6.45, 7) is 4.28. The minimum atomic E-state index is -0.159. The number of hydrogen-bond donors (Lipinski definition) is 2. The molecule has 0 fully saturated rings. The number of carbonyl (C=O) groups excluding carboxylic acids is 1. The quantitative estimate of drug-likeness (QED) is 0.694. The van der Waals surface area contributed by atoms with Gasteiger partial charge >= 0.3 is 6.03 Å². The summed E-state index contributed by atoms with van der Waals surface area (Å²) in [5, 5.41) is 5.49. The van der Waals surface area contributed by atoms with Crippen LogP contribution in [0.4, 0.5) is 4.79 Å².